The summed E-state index contributed by atoms with van der Waals surface area (Å²) in [7, 11) is 0. The summed E-state index contributed by atoms with van der Waals surface area (Å²) in [5, 5.41) is 3.61. The molecular formula is C16H25BrN2O. The van der Waals surface area contributed by atoms with Crippen LogP contribution < -0.4 is 5.32 Å². The molecule has 20 heavy (non-hydrogen) atoms. The molecular weight excluding hydrogens is 316 g/mol. The first-order valence-electron chi connectivity index (χ1n) is 7.76. The molecule has 0 aliphatic carbocycles. The summed E-state index contributed by atoms with van der Waals surface area (Å²) in [4.78, 5) is 4.54. The maximum atomic E-state index is 5.70. The van der Waals surface area contributed by atoms with Gasteiger partial charge >= 0.3 is 0 Å². The highest BCUT2D eigenvalue weighted by Crippen LogP contribution is 2.23. The lowest BCUT2D eigenvalue weighted by Gasteiger charge is -2.19. The molecule has 1 fully saturated rings. The summed E-state index contributed by atoms with van der Waals surface area (Å²) < 4.78 is 6.73. The lowest BCUT2D eigenvalue weighted by molar-refractivity contribution is 0.101. The van der Waals surface area contributed by atoms with Gasteiger partial charge in [0.05, 0.1) is 11.8 Å². The molecule has 0 saturated carbocycles. The fourth-order valence-corrected chi connectivity index (χ4v) is 2.92. The molecule has 2 unspecified atom stereocenters. The van der Waals surface area contributed by atoms with Crippen molar-refractivity contribution in [3.63, 3.8) is 0 Å². The van der Waals surface area contributed by atoms with Crippen LogP contribution in [0.25, 0.3) is 0 Å². The quantitative estimate of drug-likeness (QED) is 0.768. The van der Waals surface area contributed by atoms with Crippen LogP contribution in [-0.2, 0) is 4.74 Å². The zero-order valence-corrected chi connectivity index (χ0v) is 13.9. The van der Waals surface area contributed by atoms with Crippen LogP contribution in [0.1, 0.15) is 57.2 Å². The van der Waals surface area contributed by atoms with Crippen molar-refractivity contribution < 1.29 is 4.74 Å². The van der Waals surface area contributed by atoms with Crippen molar-refractivity contribution in [3.05, 3.63) is 28.5 Å². The van der Waals surface area contributed by atoms with Crippen LogP contribution in [0.2, 0.25) is 0 Å². The van der Waals surface area contributed by atoms with Crippen LogP contribution in [-0.4, -0.2) is 24.2 Å². The fraction of sp³-hybridized carbons (Fsp3) is 0.688. The van der Waals surface area contributed by atoms with Gasteiger partial charge in [-0.2, -0.15) is 0 Å². The van der Waals surface area contributed by atoms with Crippen LogP contribution in [0.4, 0.5) is 0 Å². The van der Waals surface area contributed by atoms with E-state index >= 15 is 0 Å². The summed E-state index contributed by atoms with van der Waals surface area (Å²) >= 11 is 3.45. The first kappa shape index (κ1) is 15.9. The number of hydrogen-bond acceptors (Lipinski definition) is 3. The van der Waals surface area contributed by atoms with Gasteiger partial charge in [-0.25, -0.2) is 0 Å². The smallest absolute Gasteiger partial charge is 0.0576 e. The minimum atomic E-state index is 0.365. The van der Waals surface area contributed by atoms with Crippen molar-refractivity contribution in [2.45, 2.75) is 57.6 Å². The molecule has 1 aliphatic heterocycles. The Morgan fingerprint density at radius 2 is 2.40 bits per heavy atom. The summed E-state index contributed by atoms with van der Waals surface area (Å²) in [5.41, 5.74) is 1.15. The first-order chi connectivity index (χ1) is 9.79. The lowest BCUT2D eigenvalue weighted by atomic mass is 10.0. The SMILES string of the molecule is CCCNC(CCCC1CCCO1)c1ccc(Br)cn1. The Balaban J connectivity index is 1.84. The third-order valence-electron chi connectivity index (χ3n) is 3.79. The summed E-state index contributed by atoms with van der Waals surface area (Å²) in [6, 6.07) is 4.55. The second kappa shape index (κ2) is 8.75. The molecule has 2 rings (SSSR count). The van der Waals surface area contributed by atoms with Crippen molar-refractivity contribution in [1.29, 1.82) is 0 Å². The minimum absolute atomic E-state index is 0.365. The zero-order valence-electron chi connectivity index (χ0n) is 12.3. The van der Waals surface area contributed by atoms with Gasteiger partial charge in [0.2, 0.25) is 0 Å². The van der Waals surface area contributed by atoms with Gasteiger partial charge in [-0.05, 0) is 73.1 Å². The first-order valence-corrected chi connectivity index (χ1v) is 8.55. The van der Waals surface area contributed by atoms with Crippen molar-refractivity contribution >= 4 is 15.9 Å². The maximum Gasteiger partial charge on any atom is 0.0576 e. The molecule has 3 nitrogen and oxygen atoms in total. The molecule has 1 aromatic heterocycles. The number of hydrogen-bond donors (Lipinski definition) is 1. The van der Waals surface area contributed by atoms with Gasteiger partial charge in [0, 0.05) is 23.3 Å². The zero-order chi connectivity index (χ0) is 14.2. The average molecular weight is 341 g/mol. The third-order valence-corrected chi connectivity index (χ3v) is 4.26. The van der Waals surface area contributed by atoms with E-state index in [1.807, 2.05) is 6.20 Å². The Hall–Kier alpha value is -0.450. The second-order valence-electron chi connectivity index (χ2n) is 5.47. The van der Waals surface area contributed by atoms with E-state index in [4.69, 9.17) is 4.74 Å². The van der Waals surface area contributed by atoms with Gasteiger partial charge in [-0.1, -0.05) is 6.92 Å². The second-order valence-corrected chi connectivity index (χ2v) is 6.39. The number of aromatic nitrogens is 1. The predicted octanol–water partition coefficient (Wildman–Crippen LogP) is 4.23. The minimum Gasteiger partial charge on any atom is -0.378 e. The van der Waals surface area contributed by atoms with E-state index in [1.54, 1.807) is 0 Å². The molecule has 1 aromatic rings. The molecule has 0 spiro atoms. The highest BCUT2D eigenvalue weighted by Gasteiger charge is 2.17. The van der Waals surface area contributed by atoms with E-state index in [0.717, 1.165) is 36.2 Å². The monoisotopic (exact) mass is 340 g/mol. The van der Waals surface area contributed by atoms with E-state index in [-0.39, 0.29) is 0 Å². The molecule has 0 amide bonds. The fourth-order valence-electron chi connectivity index (χ4n) is 2.69. The van der Waals surface area contributed by atoms with E-state index < -0.39 is 0 Å². The number of halogens is 1. The maximum absolute atomic E-state index is 5.70. The van der Waals surface area contributed by atoms with Crippen LogP contribution in [0.3, 0.4) is 0 Å². The number of ether oxygens (including phenoxy) is 1. The van der Waals surface area contributed by atoms with Crippen molar-refractivity contribution in [1.82, 2.24) is 10.3 Å². The largest absolute Gasteiger partial charge is 0.378 e. The van der Waals surface area contributed by atoms with Crippen molar-refractivity contribution in [2.24, 2.45) is 0 Å². The van der Waals surface area contributed by atoms with E-state index in [9.17, 15) is 0 Å². The Labute approximate surface area is 130 Å². The molecule has 0 radical (unpaired) electrons. The molecule has 1 N–H and O–H groups in total. The van der Waals surface area contributed by atoms with E-state index in [0.29, 0.717) is 12.1 Å². The molecule has 0 bridgehead atoms. The third kappa shape index (κ3) is 5.15. The van der Waals surface area contributed by atoms with Gasteiger partial charge in [0.25, 0.3) is 0 Å². The van der Waals surface area contributed by atoms with Gasteiger partial charge < -0.3 is 10.1 Å². The van der Waals surface area contributed by atoms with Crippen molar-refractivity contribution in [3.8, 4) is 0 Å². The normalized spacial score (nSPS) is 20.2. The Bertz CT molecular complexity index is 377. The highest BCUT2D eigenvalue weighted by molar-refractivity contribution is 9.10. The molecule has 0 aromatic carbocycles. The van der Waals surface area contributed by atoms with E-state index in [1.165, 1.54) is 25.7 Å². The molecule has 1 saturated heterocycles. The van der Waals surface area contributed by atoms with Crippen LogP contribution in [0, 0.1) is 0 Å². The molecule has 112 valence electrons. The number of nitrogens with one attached hydrogen (secondary N) is 1. The van der Waals surface area contributed by atoms with Gasteiger partial charge in [-0.15, -0.1) is 0 Å². The van der Waals surface area contributed by atoms with Crippen LogP contribution in [0.15, 0.2) is 22.8 Å². The molecule has 2 atom stereocenters. The Morgan fingerprint density at radius 1 is 1.50 bits per heavy atom. The van der Waals surface area contributed by atoms with Gasteiger partial charge in [-0.3, -0.25) is 4.98 Å². The van der Waals surface area contributed by atoms with Crippen molar-refractivity contribution in [2.75, 3.05) is 13.2 Å². The number of nitrogens with zero attached hydrogens (tertiary/aromatic N) is 1. The average Bonchev–Trinajstić information content (AvgIpc) is 2.97. The number of rotatable bonds is 8. The van der Waals surface area contributed by atoms with Gasteiger partial charge in [0.15, 0.2) is 0 Å². The lowest BCUT2D eigenvalue weighted by Crippen LogP contribution is -2.23. The Kier molecular flexibility index (Phi) is 6.97. The van der Waals surface area contributed by atoms with E-state index in [2.05, 4.69) is 45.3 Å². The van der Waals surface area contributed by atoms with Crippen LogP contribution >= 0.6 is 15.9 Å². The Morgan fingerprint density at radius 3 is 3.05 bits per heavy atom. The summed E-state index contributed by atoms with van der Waals surface area (Å²) in [6.07, 6.45) is 9.52. The van der Waals surface area contributed by atoms with Crippen LogP contribution in [0.5, 0.6) is 0 Å². The predicted molar refractivity (Wildman–Crippen MR) is 85.8 cm³/mol. The summed E-state index contributed by atoms with van der Waals surface area (Å²) in [5.74, 6) is 0. The standard InChI is InChI=1S/C16H25BrN2O/c1-2-10-18-15(16-9-8-13(17)12-19-16)7-3-5-14-6-4-11-20-14/h8-9,12,14-15,18H,2-7,10-11H2,1H3. The summed E-state index contributed by atoms with van der Waals surface area (Å²) in [6.45, 7) is 4.20. The highest BCUT2D eigenvalue weighted by atomic mass is 79.9. The van der Waals surface area contributed by atoms with Gasteiger partial charge in [0.1, 0.15) is 0 Å². The molecule has 4 heteroatoms. The topological polar surface area (TPSA) is 34.1 Å². The molecule has 2 heterocycles. The number of pyridine rings is 1. The molecule has 1 aliphatic rings.